The van der Waals surface area contributed by atoms with Crippen LogP contribution in [0, 0.1) is 5.92 Å². The van der Waals surface area contributed by atoms with Crippen LogP contribution in [-0.4, -0.2) is 29.9 Å². The molecule has 0 saturated carbocycles. The van der Waals surface area contributed by atoms with Crippen molar-refractivity contribution in [3.8, 4) is 0 Å². The Balaban J connectivity index is 1.75. The molecule has 1 fully saturated rings. The van der Waals surface area contributed by atoms with Gasteiger partial charge in [-0.25, -0.2) is 0 Å². The van der Waals surface area contributed by atoms with Gasteiger partial charge in [-0.05, 0) is 42.8 Å². The van der Waals surface area contributed by atoms with Gasteiger partial charge >= 0.3 is 0 Å². The number of hydrogen-bond donors (Lipinski definition) is 0. The van der Waals surface area contributed by atoms with Crippen LogP contribution < -0.4 is 4.90 Å². The van der Waals surface area contributed by atoms with Gasteiger partial charge in [0.05, 0.1) is 0 Å². The maximum atomic E-state index is 12.7. The molecule has 0 spiro atoms. The number of rotatable bonds is 5. The molecule has 3 nitrogen and oxygen atoms in total. The molecule has 3 rings (SSSR count). The minimum Gasteiger partial charge on any atom is -0.309 e. The van der Waals surface area contributed by atoms with E-state index in [4.69, 9.17) is 0 Å². The van der Waals surface area contributed by atoms with E-state index in [0.29, 0.717) is 18.4 Å². The molecular formula is C21H28N2OS. The van der Waals surface area contributed by atoms with Crippen molar-refractivity contribution < 1.29 is 4.79 Å². The molecule has 0 aliphatic carbocycles. The van der Waals surface area contributed by atoms with Crippen LogP contribution in [0.25, 0.3) is 0 Å². The summed E-state index contributed by atoms with van der Waals surface area (Å²) in [5, 5.41) is 2.15. The molecule has 2 aromatic rings. The zero-order chi connectivity index (χ0) is 17.8. The first-order valence-corrected chi connectivity index (χ1v) is 10.1. The molecule has 4 heteroatoms. The van der Waals surface area contributed by atoms with Gasteiger partial charge in [-0.2, -0.15) is 0 Å². The number of benzene rings is 1. The lowest BCUT2D eigenvalue weighted by molar-refractivity contribution is -0.119. The molecule has 0 N–H and O–H groups in total. The first kappa shape index (κ1) is 18.2. The first-order valence-electron chi connectivity index (χ1n) is 9.26. The molecule has 1 saturated heterocycles. The molecule has 25 heavy (non-hydrogen) atoms. The Morgan fingerprint density at radius 3 is 2.64 bits per heavy atom. The van der Waals surface area contributed by atoms with E-state index in [1.807, 2.05) is 36.5 Å². The molecule has 134 valence electrons. The third kappa shape index (κ3) is 3.96. The molecule has 1 aliphatic heterocycles. The summed E-state index contributed by atoms with van der Waals surface area (Å²) in [5.74, 6) is 0.676. The Morgan fingerprint density at radius 2 is 2.04 bits per heavy atom. The van der Waals surface area contributed by atoms with E-state index in [1.165, 1.54) is 4.88 Å². The highest BCUT2D eigenvalue weighted by atomic mass is 32.1. The topological polar surface area (TPSA) is 23.6 Å². The van der Waals surface area contributed by atoms with Crippen LogP contribution in [-0.2, 0) is 4.79 Å². The van der Waals surface area contributed by atoms with E-state index < -0.39 is 0 Å². The fourth-order valence-electron chi connectivity index (χ4n) is 3.89. The van der Waals surface area contributed by atoms with Gasteiger partial charge in [0.25, 0.3) is 0 Å². The van der Waals surface area contributed by atoms with Gasteiger partial charge in [0, 0.05) is 42.2 Å². The van der Waals surface area contributed by atoms with Crippen molar-refractivity contribution in [2.24, 2.45) is 5.92 Å². The maximum absolute atomic E-state index is 12.7. The largest absolute Gasteiger partial charge is 0.309 e. The van der Waals surface area contributed by atoms with Gasteiger partial charge < -0.3 is 4.90 Å². The van der Waals surface area contributed by atoms with Gasteiger partial charge in [-0.1, -0.05) is 38.1 Å². The molecule has 1 aromatic carbocycles. The summed E-state index contributed by atoms with van der Waals surface area (Å²) in [6, 6.07) is 15.2. The van der Waals surface area contributed by atoms with Crippen LogP contribution >= 0.6 is 11.3 Å². The van der Waals surface area contributed by atoms with Crippen molar-refractivity contribution in [3.63, 3.8) is 0 Å². The number of hydrogen-bond acceptors (Lipinski definition) is 3. The van der Waals surface area contributed by atoms with Crippen molar-refractivity contribution in [3.05, 3.63) is 52.7 Å². The number of anilines is 1. The van der Waals surface area contributed by atoms with E-state index in [1.54, 1.807) is 0 Å². The molecule has 1 amide bonds. The third-order valence-corrected chi connectivity index (χ3v) is 6.37. The average Bonchev–Trinajstić information content (AvgIpc) is 3.18. The smallest absolute Gasteiger partial charge is 0.226 e. The second kappa shape index (κ2) is 8.15. The molecule has 2 heterocycles. The van der Waals surface area contributed by atoms with Gasteiger partial charge in [-0.15, -0.1) is 11.3 Å². The molecule has 0 bridgehead atoms. The minimum absolute atomic E-state index is 0.225. The monoisotopic (exact) mass is 356 g/mol. The second-order valence-corrected chi connectivity index (χ2v) is 7.95. The molecule has 0 radical (unpaired) electrons. The summed E-state index contributed by atoms with van der Waals surface area (Å²) in [5.41, 5.74) is 1.03. The van der Waals surface area contributed by atoms with Crippen molar-refractivity contribution >= 4 is 22.9 Å². The summed E-state index contributed by atoms with van der Waals surface area (Å²) in [7, 11) is 0. The number of likely N-dealkylation sites (tertiary alicyclic amines) is 1. The second-order valence-electron chi connectivity index (χ2n) is 6.97. The molecular weight excluding hydrogens is 328 g/mol. The van der Waals surface area contributed by atoms with E-state index in [0.717, 1.165) is 25.2 Å². The fraction of sp³-hybridized carbons (Fsp3) is 0.476. The quantitative estimate of drug-likeness (QED) is 0.756. The van der Waals surface area contributed by atoms with Crippen LogP contribution in [0.15, 0.2) is 47.8 Å². The van der Waals surface area contributed by atoms with Crippen molar-refractivity contribution in [2.45, 2.75) is 45.7 Å². The summed E-state index contributed by atoms with van der Waals surface area (Å²) < 4.78 is 0. The number of para-hydroxylation sites is 1. The lowest BCUT2D eigenvalue weighted by Crippen LogP contribution is -2.52. The highest BCUT2D eigenvalue weighted by Gasteiger charge is 2.35. The van der Waals surface area contributed by atoms with E-state index in [-0.39, 0.29) is 11.9 Å². The van der Waals surface area contributed by atoms with Gasteiger partial charge in [0.15, 0.2) is 0 Å². The Hall–Kier alpha value is -1.65. The highest BCUT2D eigenvalue weighted by molar-refractivity contribution is 7.10. The molecule has 3 unspecified atom stereocenters. The number of amides is 1. The van der Waals surface area contributed by atoms with Crippen LogP contribution in [0.3, 0.4) is 0 Å². The van der Waals surface area contributed by atoms with Gasteiger partial charge in [-0.3, -0.25) is 9.69 Å². The number of thiophene rings is 1. The van der Waals surface area contributed by atoms with Crippen molar-refractivity contribution in [2.75, 3.05) is 18.0 Å². The summed E-state index contributed by atoms with van der Waals surface area (Å²) in [4.78, 5) is 18.7. The molecule has 1 aromatic heterocycles. The third-order valence-electron chi connectivity index (χ3n) is 5.33. The van der Waals surface area contributed by atoms with Crippen LogP contribution in [0.5, 0.6) is 0 Å². The van der Waals surface area contributed by atoms with E-state index in [9.17, 15) is 4.79 Å². The normalized spacial score (nSPS) is 22.5. The standard InChI is InChI=1S/C21H28N2OS/c1-4-21(24)23(18-9-6-5-7-10-18)19-12-13-22(15-16(19)2)17(3)20-11-8-14-25-20/h5-11,14,16-17,19H,4,12-13,15H2,1-3H3. The predicted molar refractivity (Wildman–Crippen MR) is 106 cm³/mol. The number of carbonyl (C=O) groups is 1. The van der Waals surface area contributed by atoms with Crippen LogP contribution in [0.2, 0.25) is 0 Å². The summed E-state index contributed by atoms with van der Waals surface area (Å²) >= 11 is 1.83. The van der Waals surface area contributed by atoms with E-state index in [2.05, 4.69) is 53.3 Å². The van der Waals surface area contributed by atoms with Crippen LogP contribution in [0.4, 0.5) is 5.69 Å². The number of nitrogens with zero attached hydrogens (tertiary/aromatic N) is 2. The lowest BCUT2D eigenvalue weighted by atomic mass is 9.90. The molecule has 1 aliphatic rings. The first-order chi connectivity index (χ1) is 12.1. The predicted octanol–water partition coefficient (Wildman–Crippen LogP) is 4.96. The number of piperidine rings is 1. The van der Waals surface area contributed by atoms with E-state index >= 15 is 0 Å². The Kier molecular flexibility index (Phi) is 5.92. The van der Waals surface area contributed by atoms with Crippen LogP contribution in [0.1, 0.15) is 44.5 Å². The van der Waals surface area contributed by atoms with Crippen molar-refractivity contribution in [1.29, 1.82) is 0 Å². The number of carbonyl (C=O) groups excluding carboxylic acids is 1. The van der Waals surface area contributed by atoms with Crippen molar-refractivity contribution in [1.82, 2.24) is 4.90 Å². The summed E-state index contributed by atoms with van der Waals surface area (Å²) in [6.45, 7) is 8.61. The Labute approximate surface area is 155 Å². The molecule has 3 atom stereocenters. The highest BCUT2D eigenvalue weighted by Crippen LogP contribution is 2.33. The fourth-order valence-corrected chi connectivity index (χ4v) is 4.71. The Morgan fingerprint density at radius 1 is 1.28 bits per heavy atom. The minimum atomic E-state index is 0.225. The lowest BCUT2D eigenvalue weighted by Gasteiger charge is -2.44. The van der Waals surface area contributed by atoms with Gasteiger partial charge in [0.1, 0.15) is 0 Å². The van der Waals surface area contributed by atoms with Gasteiger partial charge in [0.2, 0.25) is 5.91 Å². The maximum Gasteiger partial charge on any atom is 0.226 e. The summed E-state index contributed by atoms with van der Waals surface area (Å²) in [6.07, 6.45) is 1.57. The zero-order valence-electron chi connectivity index (χ0n) is 15.4. The SMILES string of the molecule is CCC(=O)N(c1ccccc1)C1CCN(C(C)c2cccs2)CC1C. The zero-order valence-corrected chi connectivity index (χ0v) is 16.2. The average molecular weight is 357 g/mol. The Bertz CT molecular complexity index is 670.